The number of hydrogen-bond acceptors (Lipinski definition) is 6. The van der Waals surface area contributed by atoms with Crippen molar-refractivity contribution in [1.82, 2.24) is 9.99 Å². The minimum atomic E-state index is -3.48. The van der Waals surface area contributed by atoms with E-state index in [1.165, 1.54) is 36.5 Å². The van der Waals surface area contributed by atoms with Crippen molar-refractivity contribution in [3.8, 4) is 5.69 Å². The van der Waals surface area contributed by atoms with Gasteiger partial charge < -0.3 is 14.1 Å². The van der Waals surface area contributed by atoms with Gasteiger partial charge in [-0.05, 0) is 56.3 Å². The first-order valence-electron chi connectivity index (χ1n) is 8.74. The third-order valence-electron chi connectivity index (χ3n) is 4.33. The van der Waals surface area contributed by atoms with Crippen molar-refractivity contribution < 1.29 is 27.5 Å². The Kier molecular flexibility index (Phi) is 5.61. The molecule has 0 radical (unpaired) electrons. The van der Waals surface area contributed by atoms with E-state index in [1.54, 1.807) is 4.57 Å². The van der Waals surface area contributed by atoms with Crippen molar-refractivity contribution in [2.45, 2.75) is 18.9 Å². The molecule has 0 spiro atoms. The molecular weight excluding hydrogens is 410 g/mol. The molecule has 156 valence electrons. The van der Waals surface area contributed by atoms with Crippen LogP contribution in [0.15, 0.2) is 57.1 Å². The lowest BCUT2D eigenvalue weighted by Crippen LogP contribution is -2.19. The van der Waals surface area contributed by atoms with Crippen LogP contribution in [0, 0.1) is 13.8 Å². The number of carbonyl (C=O) groups excluding carboxylic acids is 1. The Balaban J connectivity index is 1.85. The molecule has 30 heavy (non-hydrogen) atoms. The molecule has 0 bridgehead atoms. The number of amides is 1. The molecule has 0 aliphatic heterocycles. The van der Waals surface area contributed by atoms with Gasteiger partial charge >= 0.3 is 5.97 Å². The molecule has 0 aliphatic rings. The topological polar surface area (TPSA) is 131 Å². The minimum Gasteiger partial charge on any atom is -0.478 e. The van der Waals surface area contributed by atoms with E-state index in [0.29, 0.717) is 5.69 Å². The fraction of sp³-hybridized carbons (Fsp3) is 0.150. The van der Waals surface area contributed by atoms with Crippen molar-refractivity contribution in [3.63, 3.8) is 0 Å². The largest absolute Gasteiger partial charge is 0.478 e. The lowest BCUT2D eigenvalue weighted by atomic mass is 10.1. The summed E-state index contributed by atoms with van der Waals surface area (Å²) in [5, 5.41) is 13.1. The van der Waals surface area contributed by atoms with E-state index in [9.17, 15) is 23.1 Å². The number of benzene rings is 1. The maximum atomic E-state index is 12.5. The average Bonchev–Trinajstić information content (AvgIpc) is 3.27. The number of nitrogens with zero attached hydrogens (tertiary/aromatic N) is 2. The molecule has 0 unspecified atom stereocenters. The molecule has 3 aromatic rings. The van der Waals surface area contributed by atoms with Crippen LogP contribution in [0.4, 0.5) is 0 Å². The van der Waals surface area contributed by atoms with E-state index >= 15 is 0 Å². The number of carboxylic acid groups (broad SMARTS) is 1. The third-order valence-corrected chi connectivity index (χ3v) is 5.28. The molecule has 0 saturated carbocycles. The zero-order chi connectivity index (χ0) is 22.1. The molecule has 3 rings (SSSR count). The number of sulfone groups is 1. The third kappa shape index (κ3) is 4.33. The number of hydrogen-bond donors (Lipinski definition) is 2. The van der Waals surface area contributed by atoms with Gasteiger partial charge in [-0.1, -0.05) is 0 Å². The Morgan fingerprint density at radius 1 is 1.10 bits per heavy atom. The van der Waals surface area contributed by atoms with Crippen molar-refractivity contribution >= 4 is 27.9 Å². The standard InChI is InChI=1S/C20H19N3O6S/c1-12-4-5-13(2)23(12)17-10-14(6-8-16(17)20(25)26)19(24)22-21-11-15-7-9-18(29-15)30(3,27)28/h4-11H,1-3H3,(H,22,24)(H,25,26)/b21-11+. The summed E-state index contributed by atoms with van der Waals surface area (Å²) in [6.45, 7) is 3.67. The number of furan rings is 1. The van der Waals surface area contributed by atoms with Gasteiger partial charge in [-0.3, -0.25) is 4.79 Å². The average molecular weight is 429 g/mol. The Morgan fingerprint density at radius 3 is 2.33 bits per heavy atom. The van der Waals surface area contributed by atoms with Crippen LogP contribution in [0.1, 0.15) is 37.9 Å². The molecule has 2 N–H and O–H groups in total. The highest BCUT2D eigenvalue weighted by atomic mass is 32.2. The summed E-state index contributed by atoms with van der Waals surface area (Å²) in [5.74, 6) is -1.53. The van der Waals surface area contributed by atoms with Crippen LogP contribution in [0.5, 0.6) is 0 Å². The summed E-state index contributed by atoms with van der Waals surface area (Å²) in [4.78, 5) is 24.1. The van der Waals surface area contributed by atoms with Crippen molar-refractivity contribution in [2.24, 2.45) is 5.10 Å². The van der Waals surface area contributed by atoms with Crippen LogP contribution >= 0.6 is 0 Å². The zero-order valence-electron chi connectivity index (χ0n) is 16.4. The second kappa shape index (κ2) is 7.99. The quantitative estimate of drug-likeness (QED) is 0.457. The van der Waals surface area contributed by atoms with Crippen LogP contribution in [0.3, 0.4) is 0 Å². The fourth-order valence-electron chi connectivity index (χ4n) is 2.91. The number of rotatable bonds is 6. The molecule has 0 atom stereocenters. The summed E-state index contributed by atoms with van der Waals surface area (Å²) in [6.07, 6.45) is 2.18. The highest BCUT2D eigenvalue weighted by Gasteiger charge is 2.17. The van der Waals surface area contributed by atoms with Crippen molar-refractivity contribution in [2.75, 3.05) is 6.26 Å². The number of nitrogens with one attached hydrogen (secondary N) is 1. The lowest BCUT2D eigenvalue weighted by molar-refractivity contribution is 0.0696. The van der Waals surface area contributed by atoms with Gasteiger partial charge in [-0.2, -0.15) is 5.10 Å². The van der Waals surface area contributed by atoms with Crippen molar-refractivity contribution in [1.29, 1.82) is 0 Å². The Bertz CT molecular complexity index is 1250. The molecule has 1 amide bonds. The zero-order valence-corrected chi connectivity index (χ0v) is 17.2. The first kappa shape index (κ1) is 21.1. The molecular formula is C20H19N3O6S. The maximum Gasteiger partial charge on any atom is 0.337 e. The first-order chi connectivity index (χ1) is 14.1. The van der Waals surface area contributed by atoms with Crippen LogP contribution in [0.25, 0.3) is 5.69 Å². The number of hydrazone groups is 1. The Morgan fingerprint density at radius 2 is 1.77 bits per heavy atom. The number of aromatic carboxylic acids is 1. The van der Waals surface area contributed by atoms with E-state index < -0.39 is 21.7 Å². The molecule has 10 heteroatoms. The molecule has 0 fully saturated rings. The second-order valence-electron chi connectivity index (χ2n) is 6.62. The number of carbonyl (C=O) groups is 2. The summed E-state index contributed by atoms with van der Waals surface area (Å²) < 4.78 is 29.7. The molecule has 9 nitrogen and oxygen atoms in total. The van der Waals surface area contributed by atoms with Gasteiger partial charge in [0.2, 0.25) is 14.9 Å². The SMILES string of the molecule is Cc1ccc(C)n1-c1cc(C(=O)N/N=C/c2ccc(S(C)(=O)=O)o2)ccc1C(=O)O. The van der Waals surface area contributed by atoms with E-state index in [-0.39, 0.29) is 22.0 Å². The molecule has 0 saturated heterocycles. The van der Waals surface area contributed by atoms with E-state index in [2.05, 4.69) is 10.5 Å². The Labute approximate surface area is 172 Å². The summed E-state index contributed by atoms with van der Waals surface area (Å²) in [5.41, 5.74) is 4.58. The fourth-order valence-corrected chi connectivity index (χ4v) is 3.47. The summed E-state index contributed by atoms with van der Waals surface area (Å²) >= 11 is 0. The highest BCUT2D eigenvalue weighted by Crippen LogP contribution is 2.22. The van der Waals surface area contributed by atoms with Gasteiger partial charge in [0.1, 0.15) is 5.76 Å². The minimum absolute atomic E-state index is 0.0568. The predicted octanol–water partition coefficient (Wildman–Crippen LogP) is 2.55. The van der Waals surface area contributed by atoms with Crippen LogP contribution in [0.2, 0.25) is 0 Å². The molecule has 1 aromatic carbocycles. The smallest absolute Gasteiger partial charge is 0.337 e. The van der Waals surface area contributed by atoms with Crippen LogP contribution in [-0.2, 0) is 9.84 Å². The first-order valence-corrected chi connectivity index (χ1v) is 10.6. The van der Waals surface area contributed by atoms with E-state index in [4.69, 9.17) is 4.42 Å². The van der Waals surface area contributed by atoms with E-state index in [0.717, 1.165) is 17.6 Å². The summed E-state index contributed by atoms with van der Waals surface area (Å²) in [6, 6.07) is 10.6. The predicted molar refractivity (Wildman–Crippen MR) is 109 cm³/mol. The normalized spacial score (nSPS) is 11.7. The lowest BCUT2D eigenvalue weighted by Gasteiger charge is -2.14. The number of aromatic nitrogens is 1. The van der Waals surface area contributed by atoms with Crippen LogP contribution in [-0.4, -0.2) is 42.4 Å². The van der Waals surface area contributed by atoms with Gasteiger partial charge in [-0.25, -0.2) is 18.6 Å². The van der Waals surface area contributed by atoms with E-state index in [1.807, 2.05) is 26.0 Å². The van der Waals surface area contributed by atoms with Gasteiger partial charge in [0, 0.05) is 23.2 Å². The maximum absolute atomic E-state index is 12.5. The molecule has 2 heterocycles. The van der Waals surface area contributed by atoms with Gasteiger partial charge in [0.25, 0.3) is 5.91 Å². The monoisotopic (exact) mass is 429 g/mol. The van der Waals surface area contributed by atoms with Gasteiger partial charge in [0.05, 0.1) is 17.5 Å². The number of carboxylic acids is 1. The van der Waals surface area contributed by atoms with Crippen molar-refractivity contribution in [3.05, 3.63) is 70.7 Å². The highest BCUT2D eigenvalue weighted by molar-refractivity contribution is 7.90. The van der Waals surface area contributed by atoms with Gasteiger partial charge in [-0.15, -0.1) is 0 Å². The number of aryl methyl sites for hydroxylation is 2. The van der Waals surface area contributed by atoms with Gasteiger partial charge in [0.15, 0.2) is 0 Å². The Hall–Kier alpha value is -3.66. The molecule has 0 aliphatic carbocycles. The molecule has 2 aromatic heterocycles. The second-order valence-corrected chi connectivity index (χ2v) is 8.56. The summed E-state index contributed by atoms with van der Waals surface area (Å²) in [7, 11) is -3.48. The van der Waals surface area contributed by atoms with Crippen LogP contribution < -0.4 is 5.43 Å².